The molecule has 1 aromatic heterocycles. The Balaban J connectivity index is 2.10. The number of ether oxygens (including phenoxy) is 1. The molecule has 1 heterocycles. The highest BCUT2D eigenvalue weighted by molar-refractivity contribution is 6.30. The number of amides is 1. The third-order valence-corrected chi connectivity index (χ3v) is 3.05. The second-order valence-electron chi connectivity index (χ2n) is 4.46. The summed E-state index contributed by atoms with van der Waals surface area (Å²) in [6.45, 7) is 0.0447. The molecule has 1 aromatic carbocycles. The number of carbonyl (C=O) groups excluding carboxylic acids is 1. The average Bonchev–Trinajstić information content (AvgIpc) is 2.85. The highest BCUT2D eigenvalue weighted by atomic mass is 35.5. The van der Waals surface area contributed by atoms with E-state index in [9.17, 15) is 9.59 Å². The van der Waals surface area contributed by atoms with E-state index < -0.39 is 5.97 Å². The van der Waals surface area contributed by atoms with Crippen LogP contribution in [-0.4, -0.2) is 33.6 Å². The van der Waals surface area contributed by atoms with Crippen LogP contribution in [0, 0.1) is 0 Å². The van der Waals surface area contributed by atoms with Gasteiger partial charge in [0.1, 0.15) is 19.0 Å². The van der Waals surface area contributed by atoms with Crippen molar-refractivity contribution in [2.45, 2.75) is 13.2 Å². The third kappa shape index (κ3) is 4.06. The molecule has 0 aliphatic rings. The van der Waals surface area contributed by atoms with Gasteiger partial charge in [-0.25, -0.2) is 9.78 Å². The molecule has 1 amide bonds. The zero-order valence-electron chi connectivity index (χ0n) is 11.7. The van der Waals surface area contributed by atoms with Crippen LogP contribution in [0.15, 0.2) is 30.5 Å². The first-order valence-corrected chi connectivity index (χ1v) is 6.71. The lowest BCUT2D eigenvalue weighted by molar-refractivity contribution is -0.116. The number of nitrogens with zero attached hydrogens (tertiary/aromatic N) is 2. The second kappa shape index (κ2) is 7.06. The normalized spacial score (nSPS) is 10.5. The van der Waals surface area contributed by atoms with Crippen molar-refractivity contribution in [2.75, 3.05) is 12.4 Å². The molecule has 8 heteroatoms. The summed E-state index contributed by atoms with van der Waals surface area (Å²) < 4.78 is 6.39. The lowest BCUT2D eigenvalue weighted by Gasteiger charge is -2.08. The van der Waals surface area contributed by atoms with E-state index >= 15 is 0 Å². The second-order valence-corrected chi connectivity index (χ2v) is 4.90. The average molecular weight is 324 g/mol. The summed E-state index contributed by atoms with van der Waals surface area (Å²) >= 11 is 5.77. The fraction of sp³-hybridized carbons (Fsp3) is 0.214. The number of aromatic carboxylic acids is 1. The molecular weight excluding hydrogens is 310 g/mol. The minimum Gasteiger partial charge on any atom is -0.476 e. The molecule has 2 rings (SSSR count). The number of hydrogen-bond donors (Lipinski definition) is 2. The molecule has 116 valence electrons. The van der Waals surface area contributed by atoms with Crippen LogP contribution in [0.3, 0.4) is 0 Å². The van der Waals surface area contributed by atoms with E-state index in [0.717, 1.165) is 0 Å². The summed E-state index contributed by atoms with van der Waals surface area (Å²) in [5.74, 6) is -1.10. The number of rotatable bonds is 6. The van der Waals surface area contributed by atoms with Gasteiger partial charge in [0.2, 0.25) is 5.91 Å². The van der Waals surface area contributed by atoms with E-state index in [4.69, 9.17) is 21.4 Å². The Morgan fingerprint density at radius 2 is 2.05 bits per heavy atom. The van der Waals surface area contributed by atoms with Gasteiger partial charge in [-0.05, 0) is 24.3 Å². The SMILES string of the molecule is COCc1nc(C(=O)O)cn1CC(=O)Nc1ccc(Cl)cc1. The van der Waals surface area contributed by atoms with E-state index in [1.165, 1.54) is 17.9 Å². The number of nitrogens with one attached hydrogen (secondary N) is 1. The standard InChI is InChI=1S/C14H14ClN3O4/c1-22-8-12-17-11(14(20)21)6-18(12)7-13(19)16-10-4-2-9(15)3-5-10/h2-6H,7-8H2,1H3,(H,16,19)(H,20,21). The summed E-state index contributed by atoms with van der Waals surface area (Å²) in [5.41, 5.74) is 0.465. The molecule has 2 N–H and O–H groups in total. The molecule has 0 aliphatic carbocycles. The van der Waals surface area contributed by atoms with E-state index in [1.54, 1.807) is 24.3 Å². The number of halogens is 1. The first-order chi connectivity index (χ1) is 10.5. The van der Waals surface area contributed by atoms with Crippen molar-refractivity contribution in [2.24, 2.45) is 0 Å². The Labute approximate surface area is 131 Å². The molecule has 0 spiro atoms. The number of carboxylic acid groups (broad SMARTS) is 1. The number of carboxylic acids is 1. The Hall–Kier alpha value is -2.38. The lowest BCUT2D eigenvalue weighted by Crippen LogP contribution is -2.20. The fourth-order valence-electron chi connectivity index (χ4n) is 1.83. The monoisotopic (exact) mass is 323 g/mol. The van der Waals surface area contributed by atoms with Gasteiger partial charge in [0, 0.05) is 24.0 Å². The maximum Gasteiger partial charge on any atom is 0.356 e. The van der Waals surface area contributed by atoms with Crippen molar-refractivity contribution >= 4 is 29.2 Å². The molecule has 0 bridgehead atoms. The van der Waals surface area contributed by atoms with Crippen molar-refractivity contribution < 1.29 is 19.4 Å². The van der Waals surface area contributed by atoms with Gasteiger partial charge in [0.25, 0.3) is 0 Å². The number of anilines is 1. The van der Waals surface area contributed by atoms with Crippen LogP contribution in [0.5, 0.6) is 0 Å². The zero-order chi connectivity index (χ0) is 16.1. The number of carbonyl (C=O) groups is 2. The van der Waals surface area contributed by atoms with Gasteiger partial charge in [-0.3, -0.25) is 4.79 Å². The number of hydrogen-bond acceptors (Lipinski definition) is 4. The lowest BCUT2D eigenvalue weighted by atomic mass is 10.3. The third-order valence-electron chi connectivity index (χ3n) is 2.79. The van der Waals surface area contributed by atoms with Crippen LogP contribution in [0.4, 0.5) is 5.69 Å². The van der Waals surface area contributed by atoms with Crippen molar-refractivity contribution in [3.8, 4) is 0 Å². The molecule has 22 heavy (non-hydrogen) atoms. The first-order valence-electron chi connectivity index (χ1n) is 6.33. The smallest absolute Gasteiger partial charge is 0.356 e. The maximum atomic E-state index is 12.0. The molecule has 0 saturated carbocycles. The molecular formula is C14H14ClN3O4. The minimum absolute atomic E-state index is 0.0679. The number of imidazole rings is 1. The van der Waals surface area contributed by atoms with E-state index in [0.29, 0.717) is 16.5 Å². The van der Waals surface area contributed by atoms with Crippen LogP contribution in [-0.2, 0) is 22.7 Å². The highest BCUT2D eigenvalue weighted by Crippen LogP contribution is 2.13. The topological polar surface area (TPSA) is 93.4 Å². The Morgan fingerprint density at radius 1 is 1.36 bits per heavy atom. The van der Waals surface area contributed by atoms with Crippen LogP contribution in [0.25, 0.3) is 0 Å². The zero-order valence-corrected chi connectivity index (χ0v) is 12.5. The summed E-state index contributed by atoms with van der Waals surface area (Å²) in [4.78, 5) is 26.9. The number of aromatic nitrogens is 2. The summed E-state index contributed by atoms with van der Waals surface area (Å²) in [7, 11) is 1.47. The highest BCUT2D eigenvalue weighted by Gasteiger charge is 2.15. The largest absolute Gasteiger partial charge is 0.476 e. The molecule has 7 nitrogen and oxygen atoms in total. The van der Waals surface area contributed by atoms with Gasteiger partial charge in [-0.15, -0.1) is 0 Å². The maximum absolute atomic E-state index is 12.0. The van der Waals surface area contributed by atoms with E-state index in [2.05, 4.69) is 10.3 Å². The number of methoxy groups -OCH3 is 1. The van der Waals surface area contributed by atoms with Gasteiger partial charge < -0.3 is 19.7 Å². The van der Waals surface area contributed by atoms with E-state index in [-0.39, 0.29) is 24.8 Å². The summed E-state index contributed by atoms with van der Waals surface area (Å²) in [6, 6.07) is 6.67. The van der Waals surface area contributed by atoms with Crippen LogP contribution in [0.1, 0.15) is 16.3 Å². The van der Waals surface area contributed by atoms with Gasteiger partial charge in [0.15, 0.2) is 5.69 Å². The Bertz CT molecular complexity index is 682. The van der Waals surface area contributed by atoms with Gasteiger partial charge in [-0.1, -0.05) is 11.6 Å². The quantitative estimate of drug-likeness (QED) is 0.848. The molecule has 0 unspecified atom stereocenters. The molecule has 0 aliphatic heterocycles. The molecule has 0 saturated heterocycles. The van der Waals surface area contributed by atoms with Crippen LogP contribution in [0.2, 0.25) is 5.02 Å². The van der Waals surface area contributed by atoms with Gasteiger partial charge in [0.05, 0.1) is 0 Å². The van der Waals surface area contributed by atoms with Crippen LogP contribution < -0.4 is 5.32 Å². The van der Waals surface area contributed by atoms with Gasteiger partial charge in [-0.2, -0.15) is 0 Å². The molecule has 0 fully saturated rings. The predicted molar refractivity (Wildman–Crippen MR) is 80.0 cm³/mol. The fourth-order valence-corrected chi connectivity index (χ4v) is 1.95. The molecule has 2 aromatic rings. The molecule has 0 radical (unpaired) electrons. The Kier molecular flexibility index (Phi) is 5.13. The molecule has 0 atom stereocenters. The minimum atomic E-state index is -1.16. The van der Waals surface area contributed by atoms with Crippen molar-refractivity contribution in [3.05, 3.63) is 47.0 Å². The summed E-state index contributed by atoms with van der Waals surface area (Å²) in [6.07, 6.45) is 1.30. The van der Waals surface area contributed by atoms with Gasteiger partial charge >= 0.3 is 5.97 Å². The van der Waals surface area contributed by atoms with Crippen molar-refractivity contribution in [1.29, 1.82) is 0 Å². The Morgan fingerprint density at radius 3 is 2.64 bits per heavy atom. The number of benzene rings is 1. The predicted octanol–water partition coefficient (Wildman–Crippen LogP) is 2.02. The van der Waals surface area contributed by atoms with Crippen LogP contribution >= 0.6 is 11.6 Å². The summed E-state index contributed by atoms with van der Waals surface area (Å²) in [5, 5.41) is 12.2. The first kappa shape index (κ1) is 16.0. The van der Waals surface area contributed by atoms with Crippen molar-refractivity contribution in [3.63, 3.8) is 0 Å². The van der Waals surface area contributed by atoms with Crippen molar-refractivity contribution in [1.82, 2.24) is 9.55 Å². The van der Waals surface area contributed by atoms with E-state index in [1.807, 2.05) is 0 Å².